The molecule has 1 atom stereocenters. The number of ether oxygens (including phenoxy) is 3. The van der Waals surface area contributed by atoms with Crippen LogP contribution in [0, 0.1) is 21.4 Å². The van der Waals surface area contributed by atoms with Gasteiger partial charge in [-0.2, -0.15) is 5.26 Å². The van der Waals surface area contributed by atoms with E-state index in [1.54, 1.807) is 31.4 Å². The number of nitro benzene ring substituents is 1. The number of methoxy groups -OCH3 is 1. The second kappa shape index (κ2) is 9.13. The van der Waals surface area contributed by atoms with E-state index >= 15 is 0 Å². The van der Waals surface area contributed by atoms with E-state index in [-0.39, 0.29) is 33.5 Å². The second-order valence-corrected chi connectivity index (χ2v) is 7.62. The Balaban J connectivity index is 1.70. The van der Waals surface area contributed by atoms with Gasteiger partial charge in [-0.25, -0.2) is 4.79 Å². The number of allylic oxidation sites excluding steroid dienone is 1. The van der Waals surface area contributed by atoms with Crippen molar-refractivity contribution < 1.29 is 23.9 Å². The molecule has 0 saturated carbocycles. The fourth-order valence-electron chi connectivity index (χ4n) is 3.61. The molecule has 1 unspecified atom stereocenters. The van der Waals surface area contributed by atoms with Gasteiger partial charge in [0.15, 0.2) is 0 Å². The molecule has 1 heterocycles. The van der Waals surface area contributed by atoms with E-state index in [0.29, 0.717) is 17.1 Å². The molecular formula is C24H16ClN3O6. The highest BCUT2D eigenvalue weighted by Crippen LogP contribution is 2.44. The summed E-state index contributed by atoms with van der Waals surface area (Å²) in [5, 5.41) is 20.7. The number of carbonyl (C=O) groups is 1. The zero-order valence-corrected chi connectivity index (χ0v) is 18.4. The van der Waals surface area contributed by atoms with Crippen molar-refractivity contribution in [3.8, 4) is 23.3 Å². The van der Waals surface area contributed by atoms with Gasteiger partial charge in [0, 0.05) is 23.8 Å². The van der Waals surface area contributed by atoms with E-state index in [2.05, 4.69) is 6.07 Å². The Morgan fingerprint density at radius 2 is 1.97 bits per heavy atom. The second-order valence-electron chi connectivity index (χ2n) is 7.21. The van der Waals surface area contributed by atoms with Gasteiger partial charge in [-0.05, 0) is 29.8 Å². The molecule has 0 spiro atoms. The number of esters is 1. The van der Waals surface area contributed by atoms with Crippen LogP contribution < -0.4 is 19.9 Å². The van der Waals surface area contributed by atoms with Crippen molar-refractivity contribution in [2.45, 2.75) is 5.92 Å². The first-order chi connectivity index (χ1) is 16.3. The third-order valence-electron chi connectivity index (χ3n) is 5.21. The van der Waals surface area contributed by atoms with Crippen LogP contribution in [0.5, 0.6) is 17.2 Å². The average Bonchev–Trinajstić information content (AvgIpc) is 2.83. The Morgan fingerprint density at radius 3 is 2.68 bits per heavy atom. The third-order valence-corrected chi connectivity index (χ3v) is 5.54. The molecule has 0 saturated heterocycles. The number of hydrogen-bond acceptors (Lipinski definition) is 8. The SMILES string of the molecule is COc1cccc(C2C(C#N)=C(N)Oc3cc(OC(=O)c4cc([N+](=O)[O-])ccc4Cl)ccc32)c1. The van der Waals surface area contributed by atoms with Crippen LogP contribution in [0.15, 0.2) is 72.1 Å². The van der Waals surface area contributed by atoms with Crippen molar-refractivity contribution in [3.63, 3.8) is 0 Å². The standard InChI is InChI=1S/C24H16ClN3O6/c1-32-15-4-2-3-13(9-15)22-17-7-6-16(11-21(17)34-23(27)19(22)12-26)33-24(29)18-10-14(28(30)31)5-8-20(18)25/h2-11,22H,27H2,1H3. The maximum absolute atomic E-state index is 12.6. The molecule has 10 heteroatoms. The van der Waals surface area contributed by atoms with Crippen molar-refractivity contribution in [2.24, 2.45) is 5.73 Å². The number of nitriles is 1. The Kier molecular flexibility index (Phi) is 6.08. The molecule has 170 valence electrons. The molecule has 4 rings (SSSR count). The quantitative estimate of drug-likeness (QED) is 0.241. The Bertz CT molecular complexity index is 1400. The van der Waals surface area contributed by atoms with Crippen LogP contribution in [0.25, 0.3) is 0 Å². The summed E-state index contributed by atoms with van der Waals surface area (Å²) in [6, 6.07) is 17.4. The van der Waals surface area contributed by atoms with E-state index < -0.39 is 16.8 Å². The molecule has 0 fully saturated rings. The molecule has 3 aromatic carbocycles. The lowest BCUT2D eigenvalue weighted by molar-refractivity contribution is -0.384. The number of nitro groups is 1. The number of carbonyl (C=O) groups excluding carboxylic acids is 1. The molecular weight excluding hydrogens is 462 g/mol. The molecule has 0 aromatic heterocycles. The fraction of sp³-hybridized carbons (Fsp3) is 0.0833. The van der Waals surface area contributed by atoms with Crippen LogP contribution in [0.4, 0.5) is 5.69 Å². The van der Waals surface area contributed by atoms with E-state index in [0.717, 1.165) is 11.6 Å². The molecule has 3 aromatic rings. The van der Waals surface area contributed by atoms with E-state index in [1.807, 2.05) is 6.07 Å². The van der Waals surface area contributed by atoms with Gasteiger partial charge in [-0.15, -0.1) is 0 Å². The van der Waals surface area contributed by atoms with Crippen molar-refractivity contribution in [3.05, 3.63) is 104 Å². The number of halogens is 1. The molecule has 0 radical (unpaired) electrons. The van der Waals surface area contributed by atoms with Crippen LogP contribution in [-0.4, -0.2) is 18.0 Å². The number of fused-ring (bicyclic) bond motifs is 1. The molecule has 1 aliphatic rings. The predicted octanol–water partition coefficient (Wildman–Crippen LogP) is 4.69. The minimum atomic E-state index is -0.880. The number of non-ortho nitro benzene ring substituents is 1. The Labute approximate surface area is 198 Å². The summed E-state index contributed by atoms with van der Waals surface area (Å²) >= 11 is 6.03. The summed E-state index contributed by atoms with van der Waals surface area (Å²) in [6.07, 6.45) is 0. The van der Waals surface area contributed by atoms with Crippen LogP contribution in [0.1, 0.15) is 27.4 Å². The first-order valence-electron chi connectivity index (χ1n) is 9.84. The van der Waals surface area contributed by atoms with E-state index in [1.165, 1.54) is 24.3 Å². The van der Waals surface area contributed by atoms with Crippen LogP contribution in [-0.2, 0) is 0 Å². The third kappa shape index (κ3) is 4.22. The van der Waals surface area contributed by atoms with Crippen LogP contribution in [0.3, 0.4) is 0 Å². The van der Waals surface area contributed by atoms with Gasteiger partial charge in [0.2, 0.25) is 5.88 Å². The lowest BCUT2D eigenvalue weighted by Gasteiger charge is -2.27. The number of benzene rings is 3. The van der Waals surface area contributed by atoms with Gasteiger partial charge < -0.3 is 19.9 Å². The number of nitrogens with two attached hydrogens (primary N) is 1. The summed E-state index contributed by atoms with van der Waals surface area (Å²) < 4.78 is 16.3. The smallest absolute Gasteiger partial charge is 0.345 e. The monoisotopic (exact) mass is 477 g/mol. The number of nitrogens with zero attached hydrogens (tertiary/aromatic N) is 2. The van der Waals surface area contributed by atoms with E-state index in [4.69, 9.17) is 31.5 Å². The minimum Gasteiger partial charge on any atom is -0.497 e. The summed E-state index contributed by atoms with van der Waals surface area (Å²) in [4.78, 5) is 23.0. The minimum absolute atomic E-state index is 0.00809. The summed E-state index contributed by atoms with van der Waals surface area (Å²) in [6.45, 7) is 0. The fourth-order valence-corrected chi connectivity index (χ4v) is 3.80. The highest BCUT2D eigenvalue weighted by molar-refractivity contribution is 6.33. The highest BCUT2D eigenvalue weighted by atomic mass is 35.5. The van der Waals surface area contributed by atoms with Crippen molar-refractivity contribution >= 4 is 23.3 Å². The lowest BCUT2D eigenvalue weighted by atomic mass is 9.83. The van der Waals surface area contributed by atoms with Gasteiger partial charge in [0.05, 0.1) is 28.5 Å². The molecule has 0 bridgehead atoms. The molecule has 1 aliphatic heterocycles. The van der Waals surface area contributed by atoms with Gasteiger partial charge >= 0.3 is 5.97 Å². The van der Waals surface area contributed by atoms with Crippen LogP contribution in [0.2, 0.25) is 5.02 Å². The largest absolute Gasteiger partial charge is 0.497 e. The molecule has 0 amide bonds. The Morgan fingerprint density at radius 1 is 1.18 bits per heavy atom. The summed E-state index contributed by atoms with van der Waals surface area (Å²) in [5.74, 6) is -0.479. The van der Waals surface area contributed by atoms with Gasteiger partial charge in [0.1, 0.15) is 28.9 Å². The molecule has 0 aliphatic carbocycles. The zero-order chi connectivity index (χ0) is 24.4. The predicted molar refractivity (Wildman–Crippen MR) is 122 cm³/mol. The maximum Gasteiger partial charge on any atom is 0.345 e. The van der Waals surface area contributed by atoms with Gasteiger partial charge in [0.25, 0.3) is 5.69 Å². The Hall–Kier alpha value is -4.55. The first kappa shape index (κ1) is 22.6. The van der Waals surface area contributed by atoms with Crippen molar-refractivity contribution in [2.75, 3.05) is 7.11 Å². The molecule has 9 nitrogen and oxygen atoms in total. The van der Waals surface area contributed by atoms with E-state index in [9.17, 15) is 20.2 Å². The van der Waals surface area contributed by atoms with Gasteiger partial charge in [-0.3, -0.25) is 10.1 Å². The van der Waals surface area contributed by atoms with Crippen molar-refractivity contribution in [1.82, 2.24) is 0 Å². The lowest BCUT2D eigenvalue weighted by Crippen LogP contribution is -2.21. The first-order valence-corrected chi connectivity index (χ1v) is 10.2. The summed E-state index contributed by atoms with van der Waals surface area (Å²) in [5.41, 5.74) is 7.19. The highest BCUT2D eigenvalue weighted by Gasteiger charge is 2.31. The average molecular weight is 478 g/mol. The normalized spacial score (nSPS) is 14.4. The molecule has 34 heavy (non-hydrogen) atoms. The topological polar surface area (TPSA) is 138 Å². The van der Waals surface area contributed by atoms with Crippen LogP contribution >= 0.6 is 11.6 Å². The van der Waals surface area contributed by atoms with Gasteiger partial charge in [-0.1, -0.05) is 29.8 Å². The van der Waals surface area contributed by atoms with Crippen molar-refractivity contribution in [1.29, 1.82) is 5.26 Å². The summed E-state index contributed by atoms with van der Waals surface area (Å²) in [7, 11) is 1.54. The maximum atomic E-state index is 12.6. The number of rotatable bonds is 5. The number of hydrogen-bond donors (Lipinski definition) is 1. The molecule has 2 N–H and O–H groups in total. The zero-order valence-electron chi connectivity index (χ0n) is 17.7.